The number of ketones is 1. The van der Waals surface area contributed by atoms with Gasteiger partial charge in [0, 0.05) is 13.3 Å². The molecular formula is C43H57N4O10P. The summed E-state index contributed by atoms with van der Waals surface area (Å²) >= 11 is 0. The molecule has 4 amide bonds. The number of phosphoric ester groups is 1. The summed E-state index contributed by atoms with van der Waals surface area (Å²) in [7, 11) is -4.35. The number of nitrogens with one attached hydrogen (secondary N) is 4. The maximum Gasteiger partial charge on any atom is 0.475 e. The minimum absolute atomic E-state index is 0.0738. The van der Waals surface area contributed by atoms with Crippen molar-refractivity contribution in [1.29, 1.82) is 0 Å². The molecule has 5 atom stereocenters. The van der Waals surface area contributed by atoms with Crippen molar-refractivity contribution in [2.24, 2.45) is 11.8 Å². The molecule has 1 aliphatic rings. The van der Waals surface area contributed by atoms with Crippen LogP contribution in [0, 0.1) is 11.8 Å². The SMILES string of the molecule is CC(=O)N[C@@H](COP(=O)(OCc1ccccc1)OCc1ccccc1)C(=O)N[C@@H](CC(C)C)C(=O)N[C@@H](Cc1ccccc1)C(=O)N[C@@H](CC(C)C)C(=O)[C@@]1(C)CO1. The molecule has 0 radical (unpaired) electrons. The Morgan fingerprint density at radius 3 is 1.50 bits per heavy atom. The lowest BCUT2D eigenvalue weighted by Crippen LogP contribution is -2.59. The number of amides is 4. The molecule has 4 rings (SSSR count). The average molecular weight is 821 g/mol. The van der Waals surface area contributed by atoms with Crippen LogP contribution in [0.3, 0.4) is 0 Å². The molecule has 14 nitrogen and oxygen atoms in total. The molecule has 0 unspecified atom stereocenters. The Morgan fingerprint density at radius 1 is 0.621 bits per heavy atom. The highest BCUT2D eigenvalue weighted by atomic mass is 31.2. The monoisotopic (exact) mass is 820 g/mol. The Kier molecular flexibility index (Phi) is 17.3. The Hall–Kier alpha value is -4.72. The van der Waals surface area contributed by atoms with Gasteiger partial charge in [-0.3, -0.25) is 37.5 Å². The largest absolute Gasteiger partial charge is 0.475 e. The zero-order chi connectivity index (χ0) is 42.3. The normalized spacial score (nSPS) is 17.1. The summed E-state index contributed by atoms with van der Waals surface area (Å²) in [4.78, 5) is 67.7. The van der Waals surface area contributed by atoms with Gasteiger partial charge in [-0.15, -0.1) is 0 Å². The van der Waals surface area contributed by atoms with E-state index in [0.29, 0.717) is 17.5 Å². The number of phosphoric acid groups is 1. The predicted molar refractivity (Wildman–Crippen MR) is 218 cm³/mol. The van der Waals surface area contributed by atoms with Gasteiger partial charge in [0.25, 0.3) is 0 Å². The molecule has 3 aromatic rings. The zero-order valence-corrected chi connectivity index (χ0v) is 35.0. The van der Waals surface area contributed by atoms with E-state index in [2.05, 4.69) is 21.3 Å². The maximum absolute atomic E-state index is 14.1. The molecule has 58 heavy (non-hydrogen) atoms. The topological polar surface area (TPSA) is 191 Å². The van der Waals surface area contributed by atoms with Crippen molar-refractivity contribution in [2.75, 3.05) is 13.2 Å². The fraction of sp³-hybridized carbons (Fsp3) is 0.465. The highest BCUT2D eigenvalue weighted by molar-refractivity contribution is 7.48. The maximum atomic E-state index is 14.1. The van der Waals surface area contributed by atoms with E-state index in [1.807, 2.05) is 70.2 Å². The van der Waals surface area contributed by atoms with E-state index >= 15 is 0 Å². The molecular weight excluding hydrogens is 763 g/mol. The van der Waals surface area contributed by atoms with Gasteiger partial charge in [0.05, 0.1) is 32.5 Å². The minimum atomic E-state index is -4.35. The van der Waals surface area contributed by atoms with E-state index in [9.17, 15) is 28.5 Å². The number of benzene rings is 3. The lowest BCUT2D eigenvalue weighted by Gasteiger charge is -2.28. The number of hydrogen-bond donors (Lipinski definition) is 4. The molecule has 1 fully saturated rings. The molecule has 0 spiro atoms. The zero-order valence-electron chi connectivity index (χ0n) is 34.1. The molecule has 1 heterocycles. The molecule has 1 aliphatic heterocycles. The summed E-state index contributed by atoms with van der Waals surface area (Å²) in [5, 5.41) is 10.9. The standard InChI is InChI=1S/C43H57N4O10P/c1-29(2)22-35(39(49)43(6)28-54-43)45-41(51)37(24-32-16-10-7-11-17-32)47-40(50)36(23-30(3)4)46-42(52)38(44-31(5)48)27-57-58(53,55-25-33-18-12-8-13-19-33)56-26-34-20-14-9-15-21-34/h7-21,29-30,35-38H,22-28H2,1-6H3,(H,44,48)(H,45,51)(H,46,52)(H,47,50)/t35-,36-,37-,38-,43+/m0/s1. The minimum Gasteiger partial charge on any atom is -0.361 e. The fourth-order valence-electron chi connectivity index (χ4n) is 6.06. The van der Waals surface area contributed by atoms with Crippen LogP contribution in [0.5, 0.6) is 0 Å². The second-order valence-corrected chi connectivity index (χ2v) is 17.2. The summed E-state index contributed by atoms with van der Waals surface area (Å²) < 4.78 is 36.4. The van der Waals surface area contributed by atoms with Gasteiger partial charge < -0.3 is 26.0 Å². The number of hydrogen-bond acceptors (Lipinski definition) is 10. The lowest BCUT2D eigenvalue weighted by molar-refractivity contribution is -0.135. The first-order valence-electron chi connectivity index (χ1n) is 19.6. The molecule has 0 bridgehead atoms. The Labute approximate surface area is 341 Å². The highest BCUT2D eigenvalue weighted by Crippen LogP contribution is 2.51. The van der Waals surface area contributed by atoms with Crippen LogP contribution in [-0.4, -0.2) is 72.4 Å². The van der Waals surface area contributed by atoms with Crippen molar-refractivity contribution in [3.63, 3.8) is 0 Å². The Morgan fingerprint density at radius 2 is 1.03 bits per heavy atom. The van der Waals surface area contributed by atoms with E-state index in [0.717, 1.165) is 5.56 Å². The lowest BCUT2D eigenvalue weighted by atomic mass is 9.93. The predicted octanol–water partition coefficient (Wildman–Crippen LogP) is 5.20. The molecule has 0 saturated carbocycles. The van der Waals surface area contributed by atoms with Crippen LogP contribution in [0.2, 0.25) is 0 Å². The third-order valence-corrected chi connectivity index (χ3v) is 10.6. The first-order valence-corrected chi connectivity index (χ1v) is 21.0. The van der Waals surface area contributed by atoms with Gasteiger partial charge >= 0.3 is 7.82 Å². The van der Waals surface area contributed by atoms with Gasteiger partial charge in [-0.2, -0.15) is 0 Å². The second kappa shape index (κ2) is 21.9. The van der Waals surface area contributed by atoms with Gasteiger partial charge in [0.15, 0.2) is 5.78 Å². The number of rotatable bonds is 24. The fourth-order valence-corrected chi connectivity index (χ4v) is 7.23. The number of ether oxygens (including phenoxy) is 1. The number of epoxide rings is 1. The summed E-state index contributed by atoms with van der Waals surface area (Å²) in [6, 6.07) is 22.4. The molecule has 0 aromatic heterocycles. The van der Waals surface area contributed by atoms with Gasteiger partial charge in [0.1, 0.15) is 23.7 Å². The van der Waals surface area contributed by atoms with Crippen LogP contribution in [0.4, 0.5) is 0 Å². The summed E-state index contributed by atoms with van der Waals surface area (Å²) in [6.07, 6.45) is 0.629. The van der Waals surface area contributed by atoms with Gasteiger partial charge in [-0.1, -0.05) is 119 Å². The molecule has 15 heteroatoms. The van der Waals surface area contributed by atoms with E-state index in [-0.39, 0.29) is 50.3 Å². The molecule has 3 aromatic carbocycles. The molecule has 4 N–H and O–H groups in total. The Bertz CT molecular complexity index is 1810. The second-order valence-electron chi connectivity index (χ2n) is 15.5. The van der Waals surface area contributed by atoms with Crippen LogP contribution < -0.4 is 21.3 Å². The first-order chi connectivity index (χ1) is 27.6. The summed E-state index contributed by atoms with van der Waals surface area (Å²) in [6.45, 7) is 9.88. The van der Waals surface area contributed by atoms with E-state index in [1.165, 1.54) is 6.92 Å². The van der Waals surface area contributed by atoms with Crippen LogP contribution >= 0.6 is 7.82 Å². The Balaban J connectivity index is 1.52. The van der Waals surface area contributed by atoms with Crippen molar-refractivity contribution in [1.82, 2.24) is 21.3 Å². The van der Waals surface area contributed by atoms with Crippen molar-refractivity contribution in [3.8, 4) is 0 Å². The molecule has 1 saturated heterocycles. The highest BCUT2D eigenvalue weighted by Gasteiger charge is 2.50. The van der Waals surface area contributed by atoms with Crippen LogP contribution in [0.25, 0.3) is 0 Å². The van der Waals surface area contributed by atoms with Crippen LogP contribution in [0.15, 0.2) is 91.0 Å². The van der Waals surface area contributed by atoms with Gasteiger partial charge in [-0.05, 0) is 48.3 Å². The van der Waals surface area contributed by atoms with E-state index < -0.39 is 67.8 Å². The number of carbonyl (C=O) groups is 5. The summed E-state index contributed by atoms with van der Waals surface area (Å²) in [5.74, 6) is -2.89. The van der Waals surface area contributed by atoms with Crippen molar-refractivity contribution in [3.05, 3.63) is 108 Å². The van der Waals surface area contributed by atoms with Gasteiger partial charge in [-0.25, -0.2) is 4.57 Å². The van der Waals surface area contributed by atoms with Crippen molar-refractivity contribution < 1.29 is 46.8 Å². The van der Waals surface area contributed by atoms with Gasteiger partial charge in [0.2, 0.25) is 23.6 Å². The summed E-state index contributed by atoms with van der Waals surface area (Å²) in [5.41, 5.74) is 1.18. The molecule has 0 aliphatic carbocycles. The van der Waals surface area contributed by atoms with Crippen molar-refractivity contribution >= 4 is 37.2 Å². The first kappa shape index (κ1) is 46.0. The third-order valence-electron chi connectivity index (χ3n) is 9.25. The number of carbonyl (C=O) groups excluding carboxylic acids is 5. The van der Waals surface area contributed by atoms with Crippen LogP contribution in [-0.2, 0) is 66.5 Å². The third kappa shape index (κ3) is 15.2. The smallest absolute Gasteiger partial charge is 0.361 e. The van der Waals surface area contributed by atoms with E-state index in [1.54, 1.807) is 55.5 Å². The van der Waals surface area contributed by atoms with Crippen LogP contribution in [0.1, 0.15) is 71.1 Å². The quantitative estimate of drug-likeness (QED) is 0.0691. The molecule has 314 valence electrons. The van der Waals surface area contributed by atoms with E-state index in [4.69, 9.17) is 18.3 Å². The van der Waals surface area contributed by atoms with Crippen molar-refractivity contribution in [2.45, 2.75) is 104 Å². The number of Topliss-reactive ketones (excluding diaryl/α,β-unsaturated/α-hetero) is 1. The average Bonchev–Trinajstić information content (AvgIpc) is 3.95.